The molecule has 0 saturated carbocycles. The Balaban J connectivity index is 2.54. The van der Waals surface area contributed by atoms with E-state index in [1.54, 1.807) is 0 Å². The fourth-order valence-corrected chi connectivity index (χ4v) is 0.807. The Hall–Kier alpha value is -0.570. The zero-order chi connectivity index (χ0) is 6.91. The molecular weight excluding hydrogens is 120 g/mol. The zero-order valence-electron chi connectivity index (χ0n) is 5.39. The van der Waals surface area contributed by atoms with Gasteiger partial charge in [0.2, 0.25) is 0 Å². The Morgan fingerprint density at radius 1 is 1.89 bits per heavy atom. The molecule has 0 aromatic rings. The monoisotopic (exact) mass is 130 g/mol. The minimum atomic E-state index is -0.308. The lowest BCUT2D eigenvalue weighted by atomic mass is 9.91. The van der Waals surface area contributed by atoms with Gasteiger partial charge in [0.25, 0.3) is 0 Å². The molecule has 0 aromatic carbocycles. The van der Waals surface area contributed by atoms with Crippen molar-refractivity contribution >= 4 is 5.97 Å². The highest BCUT2D eigenvalue weighted by molar-refractivity contribution is 5.72. The maximum atomic E-state index is 10.5. The fourth-order valence-electron chi connectivity index (χ4n) is 0.807. The van der Waals surface area contributed by atoms with Gasteiger partial charge in [-0.15, -0.1) is 0 Å². The molecule has 1 aliphatic rings. The maximum absolute atomic E-state index is 10.5. The van der Waals surface area contributed by atoms with Gasteiger partial charge in [-0.1, -0.05) is 6.92 Å². The Morgan fingerprint density at radius 2 is 2.56 bits per heavy atom. The van der Waals surface area contributed by atoms with Crippen LogP contribution in [0.5, 0.6) is 0 Å². The van der Waals surface area contributed by atoms with Crippen molar-refractivity contribution in [3.8, 4) is 0 Å². The first-order valence-corrected chi connectivity index (χ1v) is 2.93. The van der Waals surface area contributed by atoms with Crippen LogP contribution in [0.3, 0.4) is 0 Å². The molecule has 0 spiro atoms. The minimum Gasteiger partial charge on any atom is -0.465 e. The van der Waals surface area contributed by atoms with Crippen LogP contribution in [0.25, 0.3) is 0 Å². The number of carbonyl (C=O) groups excluding carboxylic acids is 1. The Bertz CT molecular complexity index is 132. The summed E-state index contributed by atoms with van der Waals surface area (Å²) in [4.78, 5) is 10.5. The van der Waals surface area contributed by atoms with Crippen LogP contribution in [-0.2, 0) is 9.53 Å². The lowest BCUT2D eigenvalue weighted by molar-refractivity contribution is -0.137. The summed E-state index contributed by atoms with van der Waals surface area (Å²) in [5, 5.41) is 8.71. The van der Waals surface area contributed by atoms with Gasteiger partial charge in [-0.2, -0.15) is 0 Å². The van der Waals surface area contributed by atoms with Crippen molar-refractivity contribution < 1.29 is 14.6 Å². The number of cyclic esters (lactones) is 1. The van der Waals surface area contributed by atoms with Crippen LogP contribution in [0.1, 0.15) is 13.3 Å². The molecule has 3 heteroatoms. The van der Waals surface area contributed by atoms with Gasteiger partial charge < -0.3 is 9.84 Å². The number of esters is 1. The SMILES string of the molecule is C[C@@]1(CO)COC(=O)C1. The van der Waals surface area contributed by atoms with E-state index in [1.807, 2.05) is 6.92 Å². The second kappa shape index (κ2) is 1.99. The van der Waals surface area contributed by atoms with E-state index >= 15 is 0 Å². The van der Waals surface area contributed by atoms with Crippen LogP contribution >= 0.6 is 0 Å². The molecule has 1 aliphatic heterocycles. The summed E-state index contributed by atoms with van der Waals surface area (Å²) in [6.45, 7) is 2.22. The van der Waals surface area contributed by atoms with E-state index in [1.165, 1.54) is 0 Å². The molecule has 9 heavy (non-hydrogen) atoms. The quantitative estimate of drug-likeness (QED) is 0.505. The van der Waals surface area contributed by atoms with Crippen LogP contribution in [0.15, 0.2) is 0 Å². The molecule has 0 aromatic heterocycles. The van der Waals surface area contributed by atoms with E-state index in [0.29, 0.717) is 13.0 Å². The van der Waals surface area contributed by atoms with Crippen LogP contribution in [-0.4, -0.2) is 24.3 Å². The van der Waals surface area contributed by atoms with Crippen molar-refractivity contribution in [1.82, 2.24) is 0 Å². The number of hydrogen-bond donors (Lipinski definition) is 1. The molecular formula is C6H10O3. The molecule has 0 radical (unpaired) electrons. The maximum Gasteiger partial charge on any atom is 0.306 e. The number of ether oxygens (including phenoxy) is 1. The smallest absolute Gasteiger partial charge is 0.306 e. The van der Waals surface area contributed by atoms with Crippen molar-refractivity contribution in [2.75, 3.05) is 13.2 Å². The molecule has 0 aliphatic carbocycles. The summed E-state index contributed by atoms with van der Waals surface area (Å²) < 4.78 is 4.66. The number of aliphatic hydroxyl groups is 1. The normalized spacial score (nSPS) is 34.7. The van der Waals surface area contributed by atoms with Gasteiger partial charge in [-0.25, -0.2) is 0 Å². The molecule has 0 unspecified atom stereocenters. The standard InChI is InChI=1S/C6H10O3/c1-6(3-7)2-5(8)9-4-6/h7H,2-4H2,1H3/t6-/m1/s1. The summed E-state index contributed by atoms with van der Waals surface area (Å²) in [5.41, 5.74) is -0.308. The van der Waals surface area contributed by atoms with E-state index in [-0.39, 0.29) is 18.0 Å². The van der Waals surface area contributed by atoms with Crippen LogP contribution in [0.4, 0.5) is 0 Å². The lowest BCUT2D eigenvalue weighted by Crippen LogP contribution is -2.20. The molecule has 0 amide bonds. The molecule has 1 saturated heterocycles. The first-order chi connectivity index (χ1) is 4.16. The predicted molar refractivity (Wildman–Crippen MR) is 30.8 cm³/mol. The summed E-state index contributed by atoms with van der Waals surface area (Å²) in [7, 11) is 0. The summed E-state index contributed by atoms with van der Waals surface area (Å²) in [5.74, 6) is -0.202. The second-order valence-corrected chi connectivity index (χ2v) is 2.81. The summed E-state index contributed by atoms with van der Waals surface area (Å²) in [6, 6.07) is 0. The third kappa shape index (κ3) is 1.21. The van der Waals surface area contributed by atoms with E-state index in [4.69, 9.17) is 5.11 Å². The molecule has 1 rings (SSSR count). The van der Waals surface area contributed by atoms with E-state index < -0.39 is 0 Å². The first kappa shape index (κ1) is 6.55. The minimum absolute atomic E-state index is 0.0265. The van der Waals surface area contributed by atoms with Gasteiger partial charge in [0.15, 0.2) is 0 Å². The third-order valence-corrected chi connectivity index (χ3v) is 1.53. The van der Waals surface area contributed by atoms with Crippen molar-refractivity contribution in [1.29, 1.82) is 0 Å². The molecule has 1 N–H and O–H groups in total. The molecule has 1 fully saturated rings. The van der Waals surface area contributed by atoms with Crippen LogP contribution in [0.2, 0.25) is 0 Å². The van der Waals surface area contributed by atoms with E-state index in [9.17, 15) is 4.79 Å². The highest BCUT2D eigenvalue weighted by Crippen LogP contribution is 2.27. The molecule has 0 bridgehead atoms. The van der Waals surface area contributed by atoms with E-state index in [0.717, 1.165) is 0 Å². The predicted octanol–water partition coefficient (Wildman–Crippen LogP) is -0.0681. The molecule has 52 valence electrons. The Kier molecular flexibility index (Phi) is 1.45. The van der Waals surface area contributed by atoms with Crippen LogP contribution < -0.4 is 0 Å². The molecule has 3 nitrogen and oxygen atoms in total. The fraction of sp³-hybridized carbons (Fsp3) is 0.833. The summed E-state index contributed by atoms with van der Waals surface area (Å²) in [6.07, 6.45) is 0.351. The van der Waals surface area contributed by atoms with Gasteiger partial charge in [0.05, 0.1) is 19.6 Å². The second-order valence-electron chi connectivity index (χ2n) is 2.81. The van der Waals surface area contributed by atoms with E-state index in [2.05, 4.69) is 4.74 Å². The van der Waals surface area contributed by atoms with Gasteiger partial charge >= 0.3 is 5.97 Å². The van der Waals surface area contributed by atoms with Crippen molar-refractivity contribution in [2.24, 2.45) is 5.41 Å². The third-order valence-electron chi connectivity index (χ3n) is 1.53. The Labute approximate surface area is 53.6 Å². The lowest BCUT2D eigenvalue weighted by Gasteiger charge is -2.14. The van der Waals surface area contributed by atoms with Gasteiger partial charge in [-0.3, -0.25) is 4.79 Å². The van der Waals surface area contributed by atoms with Crippen LogP contribution in [0, 0.1) is 5.41 Å². The topological polar surface area (TPSA) is 46.5 Å². The highest BCUT2D eigenvalue weighted by atomic mass is 16.5. The number of rotatable bonds is 1. The number of aliphatic hydroxyl groups excluding tert-OH is 1. The Morgan fingerprint density at radius 3 is 2.78 bits per heavy atom. The summed E-state index contributed by atoms with van der Waals surface area (Å²) >= 11 is 0. The van der Waals surface area contributed by atoms with Gasteiger partial charge in [0.1, 0.15) is 0 Å². The van der Waals surface area contributed by atoms with Gasteiger partial charge in [-0.05, 0) is 0 Å². The van der Waals surface area contributed by atoms with Crippen molar-refractivity contribution in [2.45, 2.75) is 13.3 Å². The van der Waals surface area contributed by atoms with Crippen molar-refractivity contribution in [3.05, 3.63) is 0 Å². The average Bonchev–Trinajstić information content (AvgIpc) is 2.13. The number of hydrogen-bond acceptors (Lipinski definition) is 3. The highest BCUT2D eigenvalue weighted by Gasteiger charge is 2.35. The van der Waals surface area contributed by atoms with Gasteiger partial charge in [0, 0.05) is 5.41 Å². The zero-order valence-corrected chi connectivity index (χ0v) is 5.39. The molecule has 1 atom stereocenters. The molecule has 1 heterocycles. The first-order valence-electron chi connectivity index (χ1n) is 2.93. The van der Waals surface area contributed by atoms with Crippen molar-refractivity contribution in [3.63, 3.8) is 0 Å². The largest absolute Gasteiger partial charge is 0.465 e. The number of carbonyl (C=O) groups is 1. The average molecular weight is 130 g/mol.